The van der Waals surface area contributed by atoms with Crippen LogP contribution in [0.1, 0.15) is 62.1 Å². The minimum atomic E-state index is -0.156. The minimum absolute atomic E-state index is 0.156. The molecule has 0 aliphatic heterocycles. The Morgan fingerprint density at radius 1 is 0.947 bits per heavy atom. The van der Waals surface area contributed by atoms with Gasteiger partial charge in [-0.15, -0.1) is 0 Å². The quantitative estimate of drug-likeness (QED) is 0.798. The van der Waals surface area contributed by atoms with E-state index in [0.717, 1.165) is 12.8 Å². The van der Waals surface area contributed by atoms with Crippen LogP contribution in [0.25, 0.3) is 0 Å². The third-order valence-corrected chi connectivity index (χ3v) is 4.76. The zero-order valence-electron chi connectivity index (χ0n) is 11.6. The molecule has 0 aromatic heterocycles. The van der Waals surface area contributed by atoms with Gasteiger partial charge in [-0.1, -0.05) is 43.5 Å². The summed E-state index contributed by atoms with van der Waals surface area (Å²) in [5, 5.41) is 14.0. The Kier molecular flexibility index (Phi) is 4.19. The summed E-state index contributed by atoms with van der Waals surface area (Å²) in [6.07, 6.45) is 9.32. The number of hydrogen-bond donors (Lipinski definition) is 2. The van der Waals surface area contributed by atoms with Gasteiger partial charge in [-0.3, -0.25) is 0 Å². The average molecular weight is 259 g/mol. The van der Waals surface area contributed by atoms with E-state index in [2.05, 4.69) is 29.6 Å². The number of fused-ring (bicyclic) bond motifs is 1. The van der Waals surface area contributed by atoms with Crippen LogP contribution in [-0.4, -0.2) is 17.3 Å². The van der Waals surface area contributed by atoms with Gasteiger partial charge in [-0.05, 0) is 43.2 Å². The number of nitrogens with one attached hydrogen (secondary N) is 1. The van der Waals surface area contributed by atoms with Crippen molar-refractivity contribution in [3.8, 4) is 0 Å². The molecule has 0 bridgehead atoms. The first-order valence-electron chi connectivity index (χ1n) is 7.86. The Morgan fingerprint density at radius 2 is 1.79 bits per heavy atom. The van der Waals surface area contributed by atoms with Crippen molar-refractivity contribution in [2.75, 3.05) is 0 Å². The highest BCUT2D eigenvalue weighted by molar-refractivity contribution is 5.32. The maximum absolute atomic E-state index is 10.3. The molecular weight excluding hydrogens is 234 g/mol. The molecule has 0 spiro atoms. The van der Waals surface area contributed by atoms with Crippen molar-refractivity contribution in [3.05, 3.63) is 35.4 Å². The van der Waals surface area contributed by atoms with Crippen LogP contribution < -0.4 is 5.32 Å². The topological polar surface area (TPSA) is 32.3 Å². The molecule has 2 heteroatoms. The first-order chi connectivity index (χ1) is 9.34. The van der Waals surface area contributed by atoms with Crippen LogP contribution in [0.3, 0.4) is 0 Å². The maximum atomic E-state index is 10.3. The van der Waals surface area contributed by atoms with Crippen LogP contribution in [0, 0.1) is 0 Å². The molecule has 104 valence electrons. The molecule has 2 aliphatic rings. The lowest BCUT2D eigenvalue weighted by molar-refractivity contribution is 0.112. The van der Waals surface area contributed by atoms with Gasteiger partial charge in [0.05, 0.1) is 6.10 Å². The summed E-state index contributed by atoms with van der Waals surface area (Å²) in [4.78, 5) is 0. The Hall–Kier alpha value is -0.860. The van der Waals surface area contributed by atoms with Gasteiger partial charge >= 0.3 is 0 Å². The standard InChI is InChI=1S/C17H25NO/c19-17-12-3-1-2-10-16(17)18-15-11-6-8-13-7-4-5-9-14(13)15/h4-5,7,9,15-19H,1-3,6,8,10-12H2. The fourth-order valence-electron chi connectivity index (χ4n) is 3.67. The van der Waals surface area contributed by atoms with Crippen molar-refractivity contribution in [1.29, 1.82) is 0 Å². The molecule has 0 heterocycles. The molecule has 2 N–H and O–H groups in total. The van der Waals surface area contributed by atoms with Crippen LogP contribution in [0.5, 0.6) is 0 Å². The smallest absolute Gasteiger partial charge is 0.0693 e. The number of benzene rings is 1. The molecule has 2 nitrogen and oxygen atoms in total. The largest absolute Gasteiger partial charge is 0.392 e. The van der Waals surface area contributed by atoms with E-state index in [1.165, 1.54) is 49.7 Å². The van der Waals surface area contributed by atoms with Crippen molar-refractivity contribution in [2.45, 2.75) is 69.6 Å². The summed E-state index contributed by atoms with van der Waals surface area (Å²) < 4.78 is 0. The first-order valence-corrected chi connectivity index (χ1v) is 7.86. The normalized spacial score (nSPS) is 31.5. The zero-order valence-corrected chi connectivity index (χ0v) is 11.6. The van der Waals surface area contributed by atoms with Gasteiger partial charge in [0, 0.05) is 12.1 Å². The van der Waals surface area contributed by atoms with Crippen LogP contribution in [0.4, 0.5) is 0 Å². The Balaban J connectivity index is 1.73. The van der Waals surface area contributed by atoms with Crippen LogP contribution in [-0.2, 0) is 6.42 Å². The number of aliphatic hydroxyl groups excluding tert-OH is 1. The molecule has 1 fully saturated rings. The Morgan fingerprint density at radius 3 is 2.74 bits per heavy atom. The van der Waals surface area contributed by atoms with Gasteiger partial charge in [0.25, 0.3) is 0 Å². The molecule has 19 heavy (non-hydrogen) atoms. The van der Waals surface area contributed by atoms with Gasteiger partial charge in [-0.25, -0.2) is 0 Å². The second-order valence-electron chi connectivity index (χ2n) is 6.12. The van der Waals surface area contributed by atoms with Crippen molar-refractivity contribution in [1.82, 2.24) is 5.32 Å². The highest BCUT2D eigenvalue weighted by Gasteiger charge is 2.27. The van der Waals surface area contributed by atoms with Gasteiger partial charge in [-0.2, -0.15) is 0 Å². The molecule has 0 amide bonds. The lowest BCUT2D eigenvalue weighted by Crippen LogP contribution is -2.42. The first kappa shape index (κ1) is 13.1. The third kappa shape index (κ3) is 3.01. The van der Waals surface area contributed by atoms with E-state index >= 15 is 0 Å². The lowest BCUT2D eigenvalue weighted by Gasteiger charge is -2.32. The number of rotatable bonds is 2. The summed E-state index contributed by atoms with van der Waals surface area (Å²) in [6, 6.07) is 9.53. The van der Waals surface area contributed by atoms with Crippen LogP contribution in [0.15, 0.2) is 24.3 Å². The van der Waals surface area contributed by atoms with Gasteiger partial charge in [0.2, 0.25) is 0 Å². The summed E-state index contributed by atoms with van der Waals surface area (Å²) in [5.74, 6) is 0. The predicted molar refractivity (Wildman–Crippen MR) is 78.1 cm³/mol. The highest BCUT2D eigenvalue weighted by atomic mass is 16.3. The van der Waals surface area contributed by atoms with Crippen molar-refractivity contribution in [2.24, 2.45) is 0 Å². The molecular formula is C17H25NO. The Labute approximate surface area is 116 Å². The van der Waals surface area contributed by atoms with Crippen LogP contribution >= 0.6 is 0 Å². The molecule has 3 unspecified atom stereocenters. The monoisotopic (exact) mass is 259 g/mol. The van der Waals surface area contributed by atoms with Crippen molar-refractivity contribution in [3.63, 3.8) is 0 Å². The average Bonchev–Trinajstić information content (AvgIpc) is 2.65. The second-order valence-corrected chi connectivity index (χ2v) is 6.12. The summed E-state index contributed by atoms with van der Waals surface area (Å²) in [6.45, 7) is 0. The third-order valence-electron chi connectivity index (χ3n) is 4.76. The summed E-state index contributed by atoms with van der Waals surface area (Å²) >= 11 is 0. The van der Waals surface area contributed by atoms with Gasteiger partial charge in [0.15, 0.2) is 0 Å². The van der Waals surface area contributed by atoms with E-state index < -0.39 is 0 Å². The number of aliphatic hydroxyl groups is 1. The lowest BCUT2D eigenvalue weighted by atomic mass is 9.87. The van der Waals surface area contributed by atoms with Crippen molar-refractivity contribution < 1.29 is 5.11 Å². The second kappa shape index (κ2) is 6.06. The van der Waals surface area contributed by atoms with E-state index in [0.29, 0.717) is 12.1 Å². The molecule has 2 aliphatic carbocycles. The molecule has 1 saturated carbocycles. The van der Waals surface area contributed by atoms with E-state index in [1.807, 2.05) is 0 Å². The molecule has 3 atom stereocenters. The fourth-order valence-corrected chi connectivity index (χ4v) is 3.67. The predicted octanol–water partition coefficient (Wildman–Crippen LogP) is 3.35. The zero-order chi connectivity index (χ0) is 13.1. The Bertz CT molecular complexity index is 417. The van der Waals surface area contributed by atoms with Crippen molar-refractivity contribution >= 4 is 0 Å². The number of hydrogen-bond acceptors (Lipinski definition) is 2. The summed E-state index contributed by atoms with van der Waals surface area (Å²) in [7, 11) is 0. The minimum Gasteiger partial charge on any atom is -0.392 e. The molecule has 1 aromatic rings. The maximum Gasteiger partial charge on any atom is 0.0693 e. The van der Waals surface area contributed by atoms with Gasteiger partial charge < -0.3 is 10.4 Å². The van der Waals surface area contributed by atoms with Crippen LogP contribution in [0.2, 0.25) is 0 Å². The van der Waals surface area contributed by atoms with E-state index in [1.54, 1.807) is 0 Å². The van der Waals surface area contributed by atoms with E-state index in [9.17, 15) is 5.11 Å². The van der Waals surface area contributed by atoms with E-state index in [4.69, 9.17) is 0 Å². The molecule has 0 saturated heterocycles. The molecule has 3 rings (SSSR count). The summed E-state index contributed by atoms with van der Waals surface area (Å²) in [5.41, 5.74) is 2.96. The van der Waals surface area contributed by atoms with E-state index in [-0.39, 0.29) is 6.10 Å². The molecule has 1 aromatic carbocycles. The van der Waals surface area contributed by atoms with Gasteiger partial charge in [0.1, 0.15) is 0 Å². The number of aryl methyl sites for hydroxylation is 1. The highest BCUT2D eigenvalue weighted by Crippen LogP contribution is 2.31. The SMILES string of the molecule is OC1CCCCCC1NC1CCCc2ccccc21. The fraction of sp³-hybridized carbons (Fsp3) is 0.647. The molecule has 0 radical (unpaired) electrons.